The fourth-order valence-electron chi connectivity index (χ4n) is 4.48. The van der Waals surface area contributed by atoms with E-state index in [4.69, 9.17) is 0 Å². The summed E-state index contributed by atoms with van der Waals surface area (Å²) in [6, 6.07) is 21.0. The standard InChI is InChI=1S/C23H32.C15H24.C10H12/c1-19(2)11-9-12-20(3)13-10-14-21(4)17-18-22(5)23-15-7-6-8-16-23;1-6-14(4)10-8-12-15(5)11-7-9-13(2)3;1-3-9(2)10-7-5-4-6-8-10/h6-8,11,13-18,22H,9-10,12H2,1-5H3;6,9-10,12H,1,7-8,11H2,2-5H3;3-9H,1H2,2H3/b18-17+,20-13+,21-14+;14-10+,15-12+;. The number of rotatable bonds is 16. The molecule has 0 spiro atoms. The highest BCUT2D eigenvalue weighted by Crippen LogP contribution is 2.17. The van der Waals surface area contributed by atoms with Gasteiger partial charge in [-0.05, 0) is 117 Å². The highest BCUT2D eigenvalue weighted by molar-refractivity contribution is 5.27. The van der Waals surface area contributed by atoms with E-state index in [2.05, 4.69) is 186 Å². The summed E-state index contributed by atoms with van der Waals surface area (Å²) in [7, 11) is 0. The zero-order valence-corrected chi connectivity index (χ0v) is 32.4. The van der Waals surface area contributed by atoms with Gasteiger partial charge in [0.05, 0.1) is 0 Å². The minimum atomic E-state index is 0.459. The molecule has 260 valence electrons. The Kier molecular flexibility index (Phi) is 25.9. The van der Waals surface area contributed by atoms with Crippen LogP contribution in [0.15, 0.2) is 168 Å². The third kappa shape index (κ3) is 25.2. The lowest BCUT2D eigenvalue weighted by Crippen LogP contribution is -1.87. The van der Waals surface area contributed by atoms with E-state index in [0.717, 1.165) is 25.7 Å². The summed E-state index contributed by atoms with van der Waals surface area (Å²) in [4.78, 5) is 0. The molecule has 0 aromatic heterocycles. The lowest BCUT2D eigenvalue weighted by atomic mass is 10.00. The summed E-state index contributed by atoms with van der Waals surface area (Å²) in [6.07, 6.45) is 28.8. The third-order valence-corrected chi connectivity index (χ3v) is 7.97. The van der Waals surface area contributed by atoms with Gasteiger partial charge in [-0.2, -0.15) is 0 Å². The van der Waals surface area contributed by atoms with Crippen molar-refractivity contribution >= 4 is 0 Å². The van der Waals surface area contributed by atoms with Gasteiger partial charge in [0, 0.05) is 0 Å². The molecule has 2 aromatic rings. The molecule has 48 heavy (non-hydrogen) atoms. The van der Waals surface area contributed by atoms with Gasteiger partial charge in [0.15, 0.2) is 0 Å². The van der Waals surface area contributed by atoms with Crippen molar-refractivity contribution in [2.45, 2.75) is 120 Å². The van der Waals surface area contributed by atoms with Crippen LogP contribution in [-0.4, -0.2) is 0 Å². The predicted octanol–water partition coefficient (Wildman–Crippen LogP) is 15.6. The van der Waals surface area contributed by atoms with Crippen molar-refractivity contribution in [1.29, 1.82) is 0 Å². The van der Waals surface area contributed by atoms with Crippen molar-refractivity contribution in [3.8, 4) is 0 Å². The van der Waals surface area contributed by atoms with Crippen molar-refractivity contribution in [3.63, 3.8) is 0 Å². The number of hydrogen-bond donors (Lipinski definition) is 0. The molecule has 2 atom stereocenters. The summed E-state index contributed by atoms with van der Waals surface area (Å²) >= 11 is 0. The van der Waals surface area contributed by atoms with Gasteiger partial charge in [-0.3, -0.25) is 0 Å². The number of benzene rings is 2. The van der Waals surface area contributed by atoms with E-state index in [-0.39, 0.29) is 0 Å². The van der Waals surface area contributed by atoms with Gasteiger partial charge in [0.25, 0.3) is 0 Å². The molecule has 0 aliphatic heterocycles. The van der Waals surface area contributed by atoms with Crippen molar-refractivity contribution in [3.05, 3.63) is 179 Å². The van der Waals surface area contributed by atoms with Gasteiger partial charge in [0.1, 0.15) is 0 Å². The summed E-state index contributed by atoms with van der Waals surface area (Å²) in [5.41, 5.74) is 11.1. The van der Waals surface area contributed by atoms with Crippen LogP contribution in [0.4, 0.5) is 0 Å². The molecular weight excluding hydrogens is 577 g/mol. The molecule has 0 nitrogen and oxygen atoms in total. The van der Waals surface area contributed by atoms with Crippen molar-refractivity contribution in [1.82, 2.24) is 0 Å². The predicted molar refractivity (Wildman–Crippen MR) is 221 cm³/mol. The second-order valence-corrected chi connectivity index (χ2v) is 13.3. The highest BCUT2D eigenvalue weighted by atomic mass is 14.0. The SMILES string of the molecule is C=C/C(C)=C/C/C=C(\C)CCC=C(C)C.C=CC(C)c1ccccc1.CC(C)=CCC/C(C)=C/C/C=C(C)/C=C/C(C)c1ccccc1. The summed E-state index contributed by atoms with van der Waals surface area (Å²) in [5.74, 6) is 0.932. The molecule has 0 heteroatoms. The first-order valence-electron chi connectivity index (χ1n) is 17.8. The number of allylic oxidation sites excluding steroid dienone is 16. The second-order valence-electron chi connectivity index (χ2n) is 13.3. The number of hydrogen-bond acceptors (Lipinski definition) is 0. The van der Waals surface area contributed by atoms with Gasteiger partial charge in [-0.25, -0.2) is 0 Å². The molecule has 0 bridgehead atoms. The highest BCUT2D eigenvalue weighted by Gasteiger charge is 1.99. The van der Waals surface area contributed by atoms with Gasteiger partial charge in [-0.1, -0.05) is 175 Å². The minimum absolute atomic E-state index is 0.459. The summed E-state index contributed by atoms with van der Waals surface area (Å²) in [6.45, 7) is 29.2. The zero-order chi connectivity index (χ0) is 36.2. The van der Waals surface area contributed by atoms with Crippen LogP contribution in [0.1, 0.15) is 131 Å². The van der Waals surface area contributed by atoms with Crippen molar-refractivity contribution < 1.29 is 0 Å². The Morgan fingerprint density at radius 3 is 1.35 bits per heavy atom. The van der Waals surface area contributed by atoms with E-state index in [1.165, 1.54) is 57.4 Å². The van der Waals surface area contributed by atoms with E-state index in [1.807, 2.05) is 18.2 Å². The van der Waals surface area contributed by atoms with E-state index in [0.29, 0.717) is 11.8 Å². The Morgan fingerprint density at radius 2 is 0.958 bits per heavy atom. The molecule has 2 aromatic carbocycles. The molecule has 0 fully saturated rings. The van der Waals surface area contributed by atoms with Crippen LogP contribution < -0.4 is 0 Å². The Morgan fingerprint density at radius 1 is 0.542 bits per heavy atom. The maximum atomic E-state index is 3.74. The molecule has 0 heterocycles. The van der Waals surface area contributed by atoms with Crippen LogP contribution >= 0.6 is 0 Å². The van der Waals surface area contributed by atoms with E-state index in [1.54, 1.807) is 0 Å². The van der Waals surface area contributed by atoms with Gasteiger partial charge < -0.3 is 0 Å². The monoisotopic (exact) mass is 645 g/mol. The van der Waals surface area contributed by atoms with Crippen LogP contribution in [0, 0.1) is 0 Å². The fourth-order valence-corrected chi connectivity index (χ4v) is 4.48. The molecule has 0 radical (unpaired) electrons. The quantitative estimate of drug-likeness (QED) is 0.126. The molecule has 2 unspecified atom stereocenters. The third-order valence-electron chi connectivity index (χ3n) is 7.97. The average Bonchev–Trinajstić information content (AvgIpc) is 3.07. The first-order valence-corrected chi connectivity index (χ1v) is 17.8. The topological polar surface area (TPSA) is 0 Å². The van der Waals surface area contributed by atoms with Crippen LogP contribution in [-0.2, 0) is 0 Å². The summed E-state index contributed by atoms with van der Waals surface area (Å²) < 4.78 is 0. The Hall–Kier alpha value is -3.90. The first-order chi connectivity index (χ1) is 22.9. The molecule has 0 aliphatic rings. The zero-order valence-electron chi connectivity index (χ0n) is 32.4. The van der Waals surface area contributed by atoms with E-state index >= 15 is 0 Å². The lowest BCUT2D eigenvalue weighted by molar-refractivity contribution is 0.957. The van der Waals surface area contributed by atoms with Crippen LogP contribution in [0.2, 0.25) is 0 Å². The van der Waals surface area contributed by atoms with Gasteiger partial charge in [-0.15, -0.1) is 6.58 Å². The summed E-state index contributed by atoms with van der Waals surface area (Å²) in [5, 5.41) is 0. The Balaban J connectivity index is 0.000000755. The lowest BCUT2D eigenvalue weighted by Gasteiger charge is -2.05. The second kappa shape index (κ2) is 28.1. The molecule has 0 N–H and O–H groups in total. The minimum Gasteiger partial charge on any atom is -0.102 e. The largest absolute Gasteiger partial charge is 0.102 e. The molecule has 2 rings (SSSR count). The van der Waals surface area contributed by atoms with Crippen molar-refractivity contribution in [2.24, 2.45) is 0 Å². The smallest absolute Gasteiger partial charge is 0.000723 e. The Labute approximate surface area is 297 Å². The van der Waals surface area contributed by atoms with Crippen LogP contribution in [0.3, 0.4) is 0 Å². The molecule has 0 amide bonds. The van der Waals surface area contributed by atoms with Gasteiger partial charge >= 0.3 is 0 Å². The molecule has 0 saturated heterocycles. The Bertz CT molecular complexity index is 1360. The van der Waals surface area contributed by atoms with Gasteiger partial charge in [0.2, 0.25) is 0 Å². The molecule has 0 saturated carbocycles. The maximum absolute atomic E-state index is 3.74. The first kappa shape index (κ1) is 44.1. The normalized spacial score (nSPS) is 13.3. The van der Waals surface area contributed by atoms with Crippen LogP contribution in [0.25, 0.3) is 0 Å². The van der Waals surface area contributed by atoms with E-state index < -0.39 is 0 Å². The maximum Gasteiger partial charge on any atom is -0.000723 e. The molecule has 0 aliphatic carbocycles. The fraction of sp³-hybridized carbons (Fsp3) is 0.375. The average molecular weight is 645 g/mol. The molecular formula is C48H68. The van der Waals surface area contributed by atoms with Crippen LogP contribution in [0.5, 0.6) is 0 Å². The van der Waals surface area contributed by atoms with Crippen molar-refractivity contribution in [2.75, 3.05) is 0 Å². The van der Waals surface area contributed by atoms with E-state index in [9.17, 15) is 0 Å².